The maximum absolute atomic E-state index is 3.57. The van der Waals surface area contributed by atoms with Crippen molar-refractivity contribution in [1.82, 2.24) is 0 Å². The second-order valence-corrected chi connectivity index (χ2v) is 14.1. The fraction of sp³-hybridized carbons (Fsp3) is 0.0638. The molecule has 0 saturated carbocycles. The largest absolute Gasteiger partial charge is 0.310 e. The number of benzene rings is 6. The van der Waals surface area contributed by atoms with Crippen LogP contribution in [0.1, 0.15) is 28.2 Å². The van der Waals surface area contributed by atoms with E-state index in [1.807, 2.05) is 17.4 Å². The van der Waals surface area contributed by atoms with Gasteiger partial charge in [0.05, 0.1) is 11.1 Å². The molecule has 1 heterocycles. The highest BCUT2D eigenvalue weighted by molar-refractivity contribution is 7.26. The van der Waals surface area contributed by atoms with Crippen LogP contribution in [0.4, 0.5) is 17.1 Å². The SMILES string of the molecule is c1cccc(C2(c3ccc(N(c4ccccc4)c4cc5c6ccccc6sc5c5ccccc45)cc3)c3ccccc3C3C=CC=CC32)c#1. The molecule has 7 aromatic carbocycles. The van der Waals surface area contributed by atoms with Crippen molar-refractivity contribution >= 4 is 59.3 Å². The molecule has 0 saturated heterocycles. The molecule has 2 heteroatoms. The molecule has 1 aromatic heterocycles. The first-order valence-electron chi connectivity index (χ1n) is 16.9. The summed E-state index contributed by atoms with van der Waals surface area (Å²) in [5.41, 5.74) is 8.21. The summed E-state index contributed by atoms with van der Waals surface area (Å²) < 4.78 is 2.66. The highest BCUT2D eigenvalue weighted by Gasteiger charge is 2.53. The number of fused-ring (bicyclic) bond motifs is 8. The van der Waals surface area contributed by atoms with Crippen LogP contribution < -0.4 is 4.90 Å². The maximum Gasteiger partial charge on any atom is 0.0605 e. The Bertz CT molecular complexity index is 2560. The van der Waals surface area contributed by atoms with Crippen molar-refractivity contribution in [2.24, 2.45) is 5.92 Å². The van der Waals surface area contributed by atoms with Crippen LogP contribution in [0.15, 0.2) is 176 Å². The van der Waals surface area contributed by atoms with Crippen LogP contribution in [-0.2, 0) is 5.41 Å². The van der Waals surface area contributed by atoms with E-state index in [0.29, 0.717) is 5.92 Å². The van der Waals surface area contributed by atoms with E-state index in [1.165, 1.54) is 53.3 Å². The van der Waals surface area contributed by atoms with Gasteiger partial charge in [-0.2, -0.15) is 0 Å². The third-order valence-corrected chi connectivity index (χ3v) is 11.9. The molecule has 0 spiro atoms. The van der Waals surface area contributed by atoms with Gasteiger partial charge in [0.15, 0.2) is 0 Å². The van der Waals surface area contributed by atoms with E-state index in [4.69, 9.17) is 0 Å². The fourth-order valence-electron chi connectivity index (χ4n) is 8.65. The van der Waals surface area contributed by atoms with Gasteiger partial charge in [0.2, 0.25) is 0 Å². The fourth-order valence-corrected chi connectivity index (χ4v) is 9.87. The summed E-state index contributed by atoms with van der Waals surface area (Å²) in [5, 5.41) is 5.13. The van der Waals surface area contributed by atoms with Crippen molar-refractivity contribution in [3.8, 4) is 0 Å². The molecule has 10 rings (SSSR count). The second-order valence-electron chi connectivity index (χ2n) is 13.1. The van der Waals surface area contributed by atoms with Gasteiger partial charge < -0.3 is 4.90 Å². The highest BCUT2D eigenvalue weighted by atomic mass is 32.1. The molecule has 0 N–H and O–H groups in total. The van der Waals surface area contributed by atoms with Crippen molar-refractivity contribution in [3.05, 3.63) is 210 Å². The predicted molar refractivity (Wildman–Crippen MR) is 206 cm³/mol. The molecule has 49 heavy (non-hydrogen) atoms. The lowest BCUT2D eigenvalue weighted by atomic mass is 9.63. The van der Waals surface area contributed by atoms with Gasteiger partial charge in [-0.3, -0.25) is 0 Å². The Morgan fingerprint density at radius 3 is 2.14 bits per heavy atom. The van der Waals surface area contributed by atoms with Gasteiger partial charge in [-0.05, 0) is 65.2 Å². The molecule has 0 bridgehead atoms. The minimum absolute atomic E-state index is 0.233. The Kier molecular flexibility index (Phi) is 6.38. The number of rotatable bonds is 5. The zero-order valence-electron chi connectivity index (χ0n) is 26.8. The van der Waals surface area contributed by atoms with Crippen molar-refractivity contribution in [1.29, 1.82) is 0 Å². The van der Waals surface area contributed by atoms with E-state index in [0.717, 1.165) is 16.9 Å². The van der Waals surface area contributed by atoms with Gasteiger partial charge in [-0.25, -0.2) is 0 Å². The third-order valence-electron chi connectivity index (χ3n) is 10.7. The average molecular weight is 642 g/mol. The van der Waals surface area contributed by atoms with Crippen molar-refractivity contribution in [3.63, 3.8) is 0 Å². The lowest BCUT2D eigenvalue weighted by Crippen LogP contribution is -2.34. The van der Waals surface area contributed by atoms with Crippen molar-refractivity contribution in [2.45, 2.75) is 11.3 Å². The lowest BCUT2D eigenvalue weighted by molar-refractivity contribution is 0.457. The zero-order chi connectivity index (χ0) is 32.4. The van der Waals surface area contributed by atoms with E-state index < -0.39 is 5.41 Å². The van der Waals surface area contributed by atoms with E-state index in [9.17, 15) is 0 Å². The van der Waals surface area contributed by atoms with Crippen LogP contribution in [0, 0.1) is 18.1 Å². The number of para-hydroxylation sites is 1. The molecular weight excluding hydrogens is 611 g/mol. The van der Waals surface area contributed by atoms with E-state index in [-0.39, 0.29) is 5.92 Å². The van der Waals surface area contributed by atoms with Crippen molar-refractivity contribution < 1.29 is 0 Å². The monoisotopic (exact) mass is 641 g/mol. The number of hydrogen-bond donors (Lipinski definition) is 0. The Morgan fingerprint density at radius 1 is 0.592 bits per heavy atom. The molecule has 3 unspecified atom stereocenters. The molecule has 0 aliphatic heterocycles. The Labute approximate surface area is 290 Å². The highest BCUT2D eigenvalue weighted by Crippen LogP contribution is 2.59. The number of allylic oxidation sites excluding steroid dienone is 4. The Hall–Kier alpha value is -5.88. The standard InChI is InChI=1S/C47H31NS/c1-3-15-32(16-4-1)47(42-24-12-9-19-36(42)37-20-10-13-25-43(37)47)33-27-29-35(30-28-33)48(34-17-5-2-6-18-34)44-31-41-39-22-11-14-26-45(39)49-46(41)40-23-8-7-21-38(40)44/h1-3,5-15,17-31,36,42H. The van der Waals surface area contributed by atoms with Crippen LogP contribution in [0.25, 0.3) is 30.9 Å². The zero-order valence-corrected chi connectivity index (χ0v) is 27.6. The number of anilines is 3. The Balaban J connectivity index is 1.21. The number of hydrogen-bond acceptors (Lipinski definition) is 2. The summed E-state index contributed by atoms with van der Waals surface area (Å²) in [6, 6.07) is 62.4. The molecule has 0 radical (unpaired) electrons. The first-order chi connectivity index (χ1) is 24.3. The second kappa shape index (κ2) is 11.1. The van der Waals surface area contributed by atoms with Gasteiger partial charge in [0.1, 0.15) is 0 Å². The van der Waals surface area contributed by atoms with E-state index in [1.54, 1.807) is 0 Å². The van der Waals surface area contributed by atoms with Gasteiger partial charge in [-0.15, -0.1) is 11.3 Å². The number of thiophene rings is 1. The van der Waals surface area contributed by atoms with Crippen LogP contribution in [0.3, 0.4) is 0 Å². The summed E-state index contributed by atoms with van der Waals surface area (Å²) in [6.07, 6.45) is 9.20. The van der Waals surface area contributed by atoms with Gasteiger partial charge in [0.25, 0.3) is 0 Å². The van der Waals surface area contributed by atoms with Gasteiger partial charge >= 0.3 is 0 Å². The molecule has 2 aliphatic carbocycles. The topological polar surface area (TPSA) is 3.24 Å². The first kappa shape index (κ1) is 28.2. The summed E-state index contributed by atoms with van der Waals surface area (Å²) >= 11 is 1.89. The molecular formula is C47H31NS. The quantitative estimate of drug-likeness (QED) is 0.181. The molecule has 2 aliphatic rings. The number of nitrogens with zero attached hydrogens (tertiary/aromatic N) is 1. The van der Waals surface area contributed by atoms with E-state index in [2.05, 4.69) is 187 Å². The maximum atomic E-state index is 3.57. The minimum Gasteiger partial charge on any atom is -0.310 e. The Morgan fingerprint density at radius 2 is 1.31 bits per heavy atom. The predicted octanol–water partition coefficient (Wildman–Crippen LogP) is 12.5. The minimum atomic E-state index is -0.391. The van der Waals surface area contributed by atoms with Crippen LogP contribution in [-0.4, -0.2) is 0 Å². The van der Waals surface area contributed by atoms with Crippen LogP contribution in [0.2, 0.25) is 0 Å². The van der Waals surface area contributed by atoms with Crippen LogP contribution in [0.5, 0.6) is 0 Å². The summed E-state index contributed by atoms with van der Waals surface area (Å²) in [6.45, 7) is 0. The van der Waals surface area contributed by atoms with E-state index >= 15 is 0 Å². The van der Waals surface area contributed by atoms with Gasteiger partial charge in [0, 0.05) is 59.7 Å². The smallest absolute Gasteiger partial charge is 0.0605 e. The molecule has 230 valence electrons. The average Bonchev–Trinajstić information content (AvgIpc) is 3.70. The molecule has 8 aromatic rings. The molecule has 0 amide bonds. The molecule has 1 nitrogen and oxygen atoms in total. The summed E-state index contributed by atoms with van der Waals surface area (Å²) in [5.74, 6) is 0.532. The summed E-state index contributed by atoms with van der Waals surface area (Å²) in [4.78, 5) is 2.43. The third kappa shape index (κ3) is 4.13. The molecule has 0 fully saturated rings. The lowest BCUT2D eigenvalue weighted by Gasteiger charge is -2.38. The van der Waals surface area contributed by atoms with Crippen LogP contribution >= 0.6 is 11.3 Å². The normalized spacial score (nSPS) is 19.2. The summed E-state index contributed by atoms with van der Waals surface area (Å²) in [7, 11) is 0. The molecule has 3 atom stereocenters. The van der Waals surface area contributed by atoms with Crippen molar-refractivity contribution in [2.75, 3.05) is 4.90 Å². The first-order valence-corrected chi connectivity index (χ1v) is 17.8. The van der Waals surface area contributed by atoms with Gasteiger partial charge in [-0.1, -0.05) is 140 Å².